The monoisotopic (exact) mass is 360 g/mol. The molecule has 0 aliphatic heterocycles. The number of nitrogens with zero attached hydrogens (tertiary/aromatic N) is 2. The summed E-state index contributed by atoms with van der Waals surface area (Å²) in [5.74, 6) is -1.62. The van der Waals surface area contributed by atoms with Gasteiger partial charge in [0.1, 0.15) is 5.82 Å². The predicted octanol–water partition coefficient (Wildman–Crippen LogP) is 2.94. The van der Waals surface area contributed by atoms with Crippen LogP contribution in [0.25, 0.3) is 0 Å². The number of ether oxygens (including phenoxy) is 1. The zero-order valence-electron chi connectivity index (χ0n) is 14.2. The Bertz CT molecular complexity index is 823. The van der Waals surface area contributed by atoms with Gasteiger partial charge in [-0.3, -0.25) is 14.9 Å². The molecule has 0 heterocycles. The van der Waals surface area contributed by atoms with E-state index in [4.69, 9.17) is 4.74 Å². The van der Waals surface area contributed by atoms with Crippen molar-refractivity contribution in [3.8, 4) is 0 Å². The minimum Gasteiger partial charge on any atom is -0.449 e. The topological polar surface area (TPSA) is 89.7 Å². The fraction of sp³-hybridized carbons (Fsp3) is 0.222. The zero-order valence-corrected chi connectivity index (χ0v) is 14.2. The van der Waals surface area contributed by atoms with Gasteiger partial charge in [0.2, 0.25) is 0 Å². The standard InChI is InChI=1S/C18H17FN2O5/c1-12(17(22)20(2)11-13-4-3-5-15(19)10-13)26-18(23)14-6-8-16(9-7-14)21(24)25/h3-10,12H,11H2,1-2H3/t12-/m0/s1. The van der Waals surface area contributed by atoms with Crippen LogP contribution in [-0.4, -0.2) is 34.9 Å². The van der Waals surface area contributed by atoms with E-state index in [-0.39, 0.29) is 17.8 Å². The lowest BCUT2D eigenvalue weighted by molar-refractivity contribution is -0.384. The van der Waals surface area contributed by atoms with Crippen molar-refractivity contribution in [2.24, 2.45) is 0 Å². The highest BCUT2D eigenvalue weighted by molar-refractivity contribution is 5.92. The molecule has 0 saturated carbocycles. The van der Waals surface area contributed by atoms with Crippen molar-refractivity contribution >= 4 is 17.6 Å². The first kappa shape index (κ1) is 19.0. The van der Waals surface area contributed by atoms with Gasteiger partial charge in [0.05, 0.1) is 10.5 Å². The predicted molar refractivity (Wildman–Crippen MR) is 90.8 cm³/mol. The van der Waals surface area contributed by atoms with Crippen molar-refractivity contribution in [3.05, 3.63) is 75.6 Å². The van der Waals surface area contributed by atoms with Crippen LogP contribution in [0.2, 0.25) is 0 Å². The van der Waals surface area contributed by atoms with E-state index in [1.165, 1.54) is 55.3 Å². The number of hydrogen-bond donors (Lipinski definition) is 0. The molecule has 0 aliphatic rings. The van der Waals surface area contributed by atoms with Gasteiger partial charge in [0.15, 0.2) is 6.10 Å². The van der Waals surface area contributed by atoms with Crippen molar-refractivity contribution in [2.75, 3.05) is 7.05 Å². The maximum Gasteiger partial charge on any atom is 0.338 e. The number of carbonyl (C=O) groups is 2. The van der Waals surface area contributed by atoms with Crippen LogP contribution in [0.5, 0.6) is 0 Å². The number of carbonyl (C=O) groups excluding carboxylic acids is 2. The number of nitro groups is 1. The molecule has 8 heteroatoms. The fourth-order valence-corrected chi connectivity index (χ4v) is 2.30. The minimum atomic E-state index is -1.06. The molecule has 0 N–H and O–H groups in total. The molecule has 0 fully saturated rings. The Morgan fingerprint density at radius 1 is 1.23 bits per heavy atom. The second kappa shape index (κ2) is 8.19. The van der Waals surface area contributed by atoms with Gasteiger partial charge in [-0.1, -0.05) is 12.1 Å². The van der Waals surface area contributed by atoms with Gasteiger partial charge >= 0.3 is 5.97 Å². The Morgan fingerprint density at radius 2 is 1.88 bits per heavy atom. The lowest BCUT2D eigenvalue weighted by Crippen LogP contribution is -2.37. The molecule has 136 valence electrons. The molecule has 0 radical (unpaired) electrons. The molecule has 0 aromatic heterocycles. The van der Waals surface area contributed by atoms with Crippen molar-refractivity contribution in [1.29, 1.82) is 0 Å². The molecule has 0 saturated heterocycles. The highest BCUT2D eigenvalue weighted by Gasteiger charge is 2.22. The largest absolute Gasteiger partial charge is 0.449 e. The number of benzene rings is 2. The highest BCUT2D eigenvalue weighted by Crippen LogP contribution is 2.14. The molecule has 0 aliphatic carbocycles. The summed E-state index contributed by atoms with van der Waals surface area (Å²) in [6.07, 6.45) is -1.06. The summed E-state index contributed by atoms with van der Waals surface area (Å²) < 4.78 is 18.3. The van der Waals surface area contributed by atoms with E-state index < -0.39 is 28.7 Å². The van der Waals surface area contributed by atoms with Crippen LogP contribution in [0, 0.1) is 15.9 Å². The zero-order chi connectivity index (χ0) is 19.3. The van der Waals surface area contributed by atoms with E-state index in [0.29, 0.717) is 5.56 Å². The molecule has 26 heavy (non-hydrogen) atoms. The Labute approximate surface area is 149 Å². The number of likely N-dealkylation sites (N-methyl/N-ethyl adjacent to an activating group) is 1. The van der Waals surface area contributed by atoms with Crippen LogP contribution in [0.3, 0.4) is 0 Å². The first-order valence-corrected chi connectivity index (χ1v) is 7.73. The summed E-state index contributed by atoms with van der Waals surface area (Å²) >= 11 is 0. The van der Waals surface area contributed by atoms with Crippen molar-refractivity contribution in [3.63, 3.8) is 0 Å². The van der Waals surface area contributed by atoms with Gasteiger partial charge in [-0.25, -0.2) is 9.18 Å². The van der Waals surface area contributed by atoms with Crippen LogP contribution in [0.1, 0.15) is 22.8 Å². The van der Waals surface area contributed by atoms with Crippen LogP contribution in [0.4, 0.5) is 10.1 Å². The quantitative estimate of drug-likeness (QED) is 0.449. The fourth-order valence-electron chi connectivity index (χ4n) is 2.30. The third-order valence-electron chi connectivity index (χ3n) is 3.63. The number of non-ortho nitro benzene ring substituents is 1. The number of amides is 1. The Balaban J connectivity index is 1.96. The van der Waals surface area contributed by atoms with E-state index in [9.17, 15) is 24.1 Å². The summed E-state index contributed by atoms with van der Waals surface area (Å²) in [6.45, 7) is 1.59. The molecule has 2 rings (SSSR count). The normalized spacial score (nSPS) is 11.5. The van der Waals surface area contributed by atoms with E-state index in [1.54, 1.807) is 12.1 Å². The second-order valence-corrected chi connectivity index (χ2v) is 5.68. The molecule has 7 nitrogen and oxygen atoms in total. The first-order valence-electron chi connectivity index (χ1n) is 7.73. The van der Waals surface area contributed by atoms with Crippen LogP contribution >= 0.6 is 0 Å². The number of hydrogen-bond acceptors (Lipinski definition) is 5. The van der Waals surface area contributed by atoms with Crippen LogP contribution < -0.4 is 0 Å². The van der Waals surface area contributed by atoms with Gasteiger partial charge in [0, 0.05) is 25.7 Å². The van der Waals surface area contributed by atoms with Gasteiger partial charge < -0.3 is 9.64 Å². The average Bonchev–Trinajstić information content (AvgIpc) is 2.61. The molecule has 0 spiro atoms. The summed E-state index contributed by atoms with van der Waals surface area (Å²) in [5, 5.41) is 10.6. The third kappa shape index (κ3) is 4.85. The molecular weight excluding hydrogens is 343 g/mol. The number of esters is 1. The van der Waals surface area contributed by atoms with Gasteiger partial charge in [-0.15, -0.1) is 0 Å². The van der Waals surface area contributed by atoms with Gasteiger partial charge in [-0.05, 0) is 36.8 Å². The van der Waals surface area contributed by atoms with Gasteiger partial charge in [-0.2, -0.15) is 0 Å². The summed E-state index contributed by atoms with van der Waals surface area (Å²) in [7, 11) is 1.52. The maximum absolute atomic E-state index is 13.2. The molecule has 2 aromatic rings. The third-order valence-corrected chi connectivity index (χ3v) is 3.63. The van der Waals surface area contributed by atoms with E-state index in [2.05, 4.69) is 0 Å². The van der Waals surface area contributed by atoms with E-state index in [1.807, 2.05) is 0 Å². The Hall–Kier alpha value is -3.29. The summed E-state index contributed by atoms with van der Waals surface area (Å²) in [6, 6.07) is 10.7. The molecule has 0 unspecified atom stereocenters. The molecule has 1 amide bonds. The van der Waals surface area contributed by atoms with Crippen molar-refractivity contribution in [1.82, 2.24) is 4.90 Å². The Kier molecular flexibility index (Phi) is 6.00. The number of rotatable bonds is 6. The van der Waals surface area contributed by atoms with E-state index in [0.717, 1.165) is 0 Å². The average molecular weight is 360 g/mol. The molecule has 1 atom stereocenters. The molecule has 0 bridgehead atoms. The summed E-state index contributed by atoms with van der Waals surface area (Å²) in [4.78, 5) is 35.7. The van der Waals surface area contributed by atoms with E-state index >= 15 is 0 Å². The maximum atomic E-state index is 13.2. The molecular formula is C18H17FN2O5. The van der Waals surface area contributed by atoms with Crippen LogP contribution in [0.15, 0.2) is 48.5 Å². The van der Waals surface area contributed by atoms with Crippen molar-refractivity contribution in [2.45, 2.75) is 19.6 Å². The Morgan fingerprint density at radius 3 is 2.46 bits per heavy atom. The summed E-state index contributed by atoms with van der Waals surface area (Å²) in [5.41, 5.74) is 0.554. The lowest BCUT2D eigenvalue weighted by Gasteiger charge is -2.21. The van der Waals surface area contributed by atoms with Crippen molar-refractivity contribution < 1.29 is 23.6 Å². The smallest absolute Gasteiger partial charge is 0.338 e. The van der Waals surface area contributed by atoms with Crippen LogP contribution in [-0.2, 0) is 16.1 Å². The first-order chi connectivity index (χ1) is 12.3. The lowest BCUT2D eigenvalue weighted by atomic mass is 10.2. The molecule has 2 aromatic carbocycles. The number of nitro benzene ring substituents is 1. The van der Waals surface area contributed by atoms with Gasteiger partial charge in [0.25, 0.3) is 11.6 Å². The minimum absolute atomic E-state index is 0.100. The highest BCUT2D eigenvalue weighted by atomic mass is 19.1. The second-order valence-electron chi connectivity index (χ2n) is 5.68. The SMILES string of the molecule is C[C@H](OC(=O)c1ccc([N+](=O)[O-])cc1)C(=O)N(C)Cc1cccc(F)c1. The number of halogens is 1.